The summed E-state index contributed by atoms with van der Waals surface area (Å²) in [7, 11) is 0. The van der Waals surface area contributed by atoms with E-state index in [1.54, 1.807) is 0 Å². The summed E-state index contributed by atoms with van der Waals surface area (Å²) in [6.07, 6.45) is 3.54. The zero-order valence-corrected chi connectivity index (χ0v) is 9.59. The third-order valence-corrected chi connectivity index (χ3v) is 4.47. The van der Waals surface area contributed by atoms with Crippen molar-refractivity contribution in [1.29, 1.82) is 0 Å². The van der Waals surface area contributed by atoms with Crippen LogP contribution in [0.15, 0.2) is 0 Å². The van der Waals surface area contributed by atoms with Crippen LogP contribution in [-0.2, 0) is 9.53 Å². The van der Waals surface area contributed by atoms with E-state index < -0.39 is 0 Å². The zero-order valence-electron chi connectivity index (χ0n) is 9.59. The molecular weight excluding hydrogens is 176 g/mol. The minimum absolute atomic E-state index is 0.126. The molecule has 3 atom stereocenters. The van der Waals surface area contributed by atoms with Crippen molar-refractivity contribution in [3.63, 3.8) is 0 Å². The minimum atomic E-state index is -0.157. The summed E-state index contributed by atoms with van der Waals surface area (Å²) >= 11 is 0. The summed E-state index contributed by atoms with van der Waals surface area (Å²) in [5, 5.41) is 0. The van der Waals surface area contributed by atoms with Crippen LogP contribution in [0.4, 0.5) is 0 Å². The fourth-order valence-electron chi connectivity index (χ4n) is 3.45. The molecule has 0 amide bonds. The first-order chi connectivity index (χ1) is 6.41. The van der Waals surface area contributed by atoms with E-state index in [0.717, 1.165) is 12.3 Å². The van der Waals surface area contributed by atoms with Crippen LogP contribution in [0, 0.1) is 17.3 Å². The van der Waals surface area contributed by atoms with Crippen molar-refractivity contribution >= 4 is 5.97 Å². The van der Waals surface area contributed by atoms with Crippen LogP contribution in [0.5, 0.6) is 0 Å². The van der Waals surface area contributed by atoms with Crippen LogP contribution in [0.25, 0.3) is 0 Å². The van der Waals surface area contributed by atoms with Crippen LogP contribution in [-0.4, -0.2) is 11.6 Å². The molecule has 2 aliphatic carbocycles. The quantitative estimate of drug-likeness (QED) is 0.635. The van der Waals surface area contributed by atoms with Gasteiger partial charge in [0.05, 0.1) is 0 Å². The van der Waals surface area contributed by atoms with Gasteiger partial charge in [-0.05, 0) is 37.5 Å². The van der Waals surface area contributed by atoms with Crippen molar-refractivity contribution in [3.8, 4) is 0 Å². The number of fused-ring (bicyclic) bond motifs is 1. The molecule has 2 fully saturated rings. The second kappa shape index (κ2) is 2.74. The van der Waals surface area contributed by atoms with Gasteiger partial charge in [-0.3, -0.25) is 4.79 Å². The third kappa shape index (κ3) is 1.19. The summed E-state index contributed by atoms with van der Waals surface area (Å²) in [4.78, 5) is 11.0. The van der Waals surface area contributed by atoms with E-state index in [9.17, 15) is 4.79 Å². The molecule has 14 heavy (non-hydrogen) atoms. The lowest BCUT2D eigenvalue weighted by Gasteiger charge is -2.25. The number of hydrogen-bond donors (Lipinski definition) is 0. The van der Waals surface area contributed by atoms with Crippen molar-refractivity contribution in [1.82, 2.24) is 0 Å². The number of esters is 1. The van der Waals surface area contributed by atoms with Crippen molar-refractivity contribution < 1.29 is 9.53 Å². The van der Waals surface area contributed by atoms with Gasteiger partial charge in [-0.1, -0.05) is 13.8 Å². The highest BCUT2D eigenvalue weighted by molar-refractivity contribution is 5.66. The van der Waals surface area contributed by atoms with Gasteiger partial charge in [0.2, 0.25) is 0 Å². The van der Waals surface area contributed by atoms with E-state index in [2.05, 4.69) is 20.8 Å². The SMILES string of the molecule is CC(=O)O[C@]1(C)CC[C@]2(C(C)C)CC21. The molecule has 2 aliphatic rings. The molecule has 0 radical (unpaired) electrons. The molecule has 2 saturated carbocycles. The molecule has 0 aromatic rings. The maximum absolute atomic E-state index is 11.0. The van der Waals surface area contributed by atoms with Crippen molar-refractivity contribution in [3.05, 3.63) is 0 Å². The van der Waals surface area contributed by atoms with Crippen LogP contribution < -0.4 is 0 Å². The number of carbonyl (C=O) groups is 1. The summed E-state index contributed by atoms with van der Waals surface area (Å²) in [6.45, 7) is 8.21. The Balaban J connectivity index is 2.10. The average Bonchev–Trinajstić information content (AvgIpc) is 2.70. The van der Waals surface area contributed by atoms with E-state index >= 15 is 0 Å². The van der Waals surface area contributed by atoms with E-state index in [1.165, 1.54) is 19.8 Å². The lowest BCUT2D eigenvalue weighted by atomic mass is 9.90. The molecule has 80 valence electrons. The monoisotopic (exact) mass is 196 g/mol. The Hall–Kier alpha value is -0.530. The summed E-state index contributed by atoms with van der Waals surface area (Å²) in [5.74, 6) is 1.22. The smallest absolute Gasteiger partial charge is 0.303 e. The first-order valence-electron chi connectivity index (χ1n) is 5.60. The second-order valence-electron chi connectivity index (χ2n) is 5.55. The highest BCUT2D eigenvalue weighted by Crippen LogP contribution is 2.71. The molecule has 0 bridgehead atoms. The average molecular weight is 196 g/mol. The number of hydrogen-bond acceptors (Lipinski definition) is 2. The Morgan fingerprint density at radius 2 is 2.07 bits per heavy atom. The molecular formula is C12H20O2. The Morgan fingerprint density at radius 3 is 2.43 bits per heavy atom. The highest BCUT2D eigenvalue weighted by atomic mass is 16.6. The maximum atomic E-state index is 11.0. The fourth-order valence-corrected chi connectivity index (χ4v) is 3.45. The fraction of sp³-hybridized carbons (Fsp3) is 0.917. The first-order valence-corrected chi connectivity index (χ1v) is 5.60. The Labute approximate surface area is 86.0 Å². The topological polar surface area (TPSA) is 26.3 Å². The molecule has 2 heteroatoms. The summed E-state index contributed by atoms with van der Waals surface area (Å²) in [5.41, 5.74) is 0.348. The Bertz CT molecular complexity index is 271. The van der Waals surface area contributed by atoms with E-state index in [0.29, 0.717) is 11.3 Å². The van der Waals surface area contributed by atoms with E-state index in [4.69, 9.17) is 4.74 Å². The Morgan fingerprint density at radius 1 is 1.43 bits per heavy atom. The van der Waals surface area contributed by atoms with Gasteiger partial charge in [0, 0.05) is 12.8 Å². The lowest BCUT2D eigenvalue weighted by molar-refractivity contribution is -0.156. The Kier molecular flexibility index (Phi) is 1.96. The first kappa shape index (κ1) is 10.0. The van der Waals surface area contributed by atoms with Crippen LogP contribution >= 0.6 is 0 Å². The van der Waals surface area contributed by atoms with Gasteiger partial charge in [-0.15, -0.1) is 0 Å². The highest BCUT2D eigenvalue weighted by Gasteiger charge is 2.69. The van der Waals surface area contributed by atoms with Gasteiger partial charge in [0.15, 0.2) is 0 Å². The van der Waals surface area contributed by atoms with Crippen LogP contribution in [0.1, 0.15) is 47.0 Å². The predicted octanol–water partition coefficient (Wildman–Crippen LogP) is 2.76. The van der Waals surface area contributed by atoms with Crippen molar-refractivity contribution in [2.24, 2.45) is 17.3 Å². The molecule has 0 aliphatic heterocycles. The third-order valence-electron chi connectivity index (χ3n) is 4.47. The van der Waals surface area contributed by atoms with E-state index in [-0.39, 0.29) is 11.6 Å². The molecule has 2 rings (SSSR count). The van der Waals surface area contributed by atoms with Crippen LogP contribution in [0.2, 0.25) is 0 Å². The minimum Gasteiger partial charge on any atom is -0.459 e. The molecule has 0 aromatic heterocycles. The van der Waals surface area contributed by atoms with Gasteiger partial charge in [0.25, 0.3) is 0 Å². The van der Waals surface area contributed by atoms with Gasteiger partial charge < -0.3 is 4.74 Å². The molecule has 1 unspecified atom stereocenters. The van der Waals surface area contributed by atoms with Gasteiger partial charge >= 0.3 is 5.97 Å². The summed E-state index contributed by atoms with van der Waals surface area (Å²) < 4.78 is 5.49. The number of ether oxygens (including phenoxy) is 1. The maximum Gasteiger partial charge on any atom is 0.303 e. The van der Waals surface area contributed by atoms with E-state index in [1.807, 2.05) is 0 Å². The molecule has 0 spiro atoms. The zero-order chi connectivity index (χ0) is 10.6. The van der Waals surface area contributed by atoms with Gasteiger partial charge in [-0.2, -0.15) is 0 Å². The molecule has 0 heterocycles. The standard InChI is InChI=1S/C12H20O2/c1-8(2)12-6-5-11(4,10(12)7-12)14-9(3)13/h8,10H,5-7H2,1-4H3/t10?,11-,12-/m1/s1. The lowest BCUT2D eigenvalue weighted by Crippen LogP contribution is -2.31. The van der Waals surface area contributed by atoms with Crippen molar-refractivity contribution in [2.75, 3.05) is 0 Å². The molecule has 0 N–H and O–H groups in total. The normalized spacial score (nSPS) is 45.1. The molecule has 2 nitrogen and oxygen atoms in total. The van der Waals surface area contributed by atoms with Crippen LogP contribution in [0.3, 0.4) is 0 Å². The molecule has 0 saturated heterocycles. The number of carbonyl (C=O) groups excluding carboxylic acids is 1. The second-order valence-corrected chi connectivity index (χ2v) is 5.55. The summed E-state index contributed by atoms with van der Waals surface area (Å²) in [6, 6.07) is 0. The van der Waals surface area contributed by atoms with Gasteiger partial charge in [-0.25, -0.2) is 0 Å². The predicted molar refractivity (Wildman–Crippen MR) is 54.8 cm³/mol. The largest absolute Gasteiger partial charge is 0.459 e. The van der Waals surface area contributed by atoms with Crippen molar-refractivity contribution in [2.45, 2.75) is 52.6 Å². The molecule has 0 aromatic carbocycles. The van der Waals surface area contributed by atoms with Gasteiger partial charge in [0.1, 0.15) is 5.60 Å². The number of rotatable bonds is 2.